The number of amides is 1. The van der Waals surface area contributed by atoms with Crippen LogP contribution in [0.1, 0.15) is 23.7 Å². The molecule has 0 saturated heterocycles. The van der Waals surface area contributed by atoms with Crippen LogP contribution in [-0.4, -0.2) is 28.9 Å². The van der Waals surface area contributed by atoms with Crippen molar-refractivity contribution in [1.29, 1.82) is 0 Å². The van der Waals surface area contributed by atoms with Crippen LogP contribution in [0.2, 0.25) is 5.02 Å². The average Bonchev–Trinajstić information content (AvgIpc) is 2.29. The van der Waals surface area contributed by atoms with Gasteiger partial charge in [0.2, 0.25) is 0 Å². The highest BCUT2D eigenvalue weighted by Gasteiger charge is 2.09. The lowest BCUT2D eigenvalue weighted by Gasteiger charge is -2.09. The van der Waals surface area contributed by atoms with Gasteiger partial charge in [0.1, 0.15) is 0 Å². The molecule has 1 amide bonds. The molecule has 1 heterocycles. The lowest BCUT2D eigenvalue weighted by Crippen LogP contribution is -2.26. The van der Waals surface area contributed by atoms with E-state index in [1.807, 2.05) is 0 Å². The molecule has 0 spiro atoms. The summed E-state index contributed by atoms with van der Waals surface area (Å²) < 4.78 is 0. The molecule has 0 aromatic carbocycles. The van der Waals surface area contributed by atoms with Crippen molar-refractivity contribution in [2.24, 2.45) is 0 Å². The van der Waals surface area contributed by atoms with E-state index in [2.05, 4.69) is 23.5 Å². The molecule has 0 aliphatic carbocycles. The summed E-state index contributed by atoms with van der Waals surface area (Å²) in [4.78, 5) is 15.6. The van der Waals surface area contributed by atoms with Gasteiger partial charge in [0.15, 0.2) is 0 Å². The van der Waals surface area contributed by atoms with E-state index < -0.39 is 0 Å². The first-order valence-electron chi connectivity index (χ1n) is 5.05. The molecule has 16 heavy (non-hydrogen) atoms. The fraction of sp³-hybridized carbons (Fsp3) is 0.455. The maximum Gasteiger partial charge on any atom is 0.254 e. The van der Waals surface area contributed by atoms with Crippen LogP contribution in [0.4, 0.5) is 0 Å². The number of pyridine rings is 1. The minimum atomic E-state index is -0.161. The molecular formula is C11H15ClN2OS. The molecular weight excluding hydrogens is 244 g/mol. The number of hydrogen-bond donors (Lipinski definition) is 1. The Morgan fingerprint density at radius 1 is 1.69 bits per heavy atom. The van der Waals surface area contributed by atoms with E-state index >= 15 is 0 Å². The normalized spacial score (nSPS) is 12.2. The van der Waals surface area contributed by atoms with Gasteiger partial charge in [0, 0.05) is 24.2 Å². The van der Waals surface area contributed by atoms with Crippen molar-refractivity contribution in [3.05, 3.63) is 29.0 Å². The molecule has 0 radical (unpaired) electrons. The van der Waals surface area contributed by atoms with E-state index in [0.29, 0.717) is 22.4 Å². The number of rotatable bonds is 5. The first-order chi connectivity index (χ1) is 7.65. The summed E-state index contributed by atoms with van der Waals surface area (Å²) >= 11 is 7.67. The minimum Gasteiger partial charge on any atom is -0.352 e. The molecule has 5 heteroatoms. The molecule has 0 bridgehead atoms. The molecule has 0 saturated carbocycles. The van der Waals surface area contributed by atoms with Crippen molar-refractivity contribution in [3.8, 4) is 0 Å². The zero-order valence-corrected chi connectivity index (χ0v) is 10.9. The standard InChI is InChI=1S/C11H15ClN2OS/c1-8(16-2)3-6-14-11(15)9-7-13-5-4-10(9)12/h4-5,7-8H,3,6H2,1-2H3,(H,14,15). The van der Waals surface area contributed by atoms with Crippen LogP contribution < -0.4 is 5.32 Å². The molecule has 1 rings (SSSR count). The zero-order valence-electron chi connectivity index (χ0n) is 9.37. The second kappa shape index (κ2) is 6.76. The van der Waals surface area contributed by atoms with Crippen molar-refractivity contribution in [1.82, 2.24) is 10.3 Å². The molecule has 1 unspecified atom stereocenters. The zero-order chi connectivity index (χ0) is 12.0. The van der Waals surface area contributed by atoms with Gasteiger partial charge in [-0.2, -0.15) is 11.8 Å². The molecule has 1 aromatic rings. The van der Waals surface area contributed by atoms with Gasteiger partial charge in [0.25, 0.3) is 5.91 Å². The number of carbonyl (C=O) groups excluding carboxylic acids is 1. The van der Waals surface area contributed by atoms with Crippen LogP contribution in [0.25, 0.3) is 0 Å². The van der Waals surface area contributed by atoms with Crippen LogP contribution >= 0.6 is 23.4 Å². The largest absolute Gasteiger partial charge is 0.352 e. The van der Waals surface area contributed by atoms with E-state index in [4.69, 9.17) is 11.6 Å². The van der Waals surface area contributed by atoms with E-state index in [1.54, 1.807) is 24.0 Å². The third kappa shape index (κ3) is 4.02. The third-order valence-corrected chi connectivity index (χ3v) is 3.62. The summed E-state index contributed by atoms with van der Waals surface area (Å²) in [5.41, 5.74) is 0.431. The number of thioether (sulfide) groups is 1. The smallest absolute Gasteiger partial charge is 0.254 e. The van der Waals surface area contributed by atoms with Gasteiger partial charge < -0.3 is 5.32 Å². The van der Waals surface area contributed by atoms with Crippen molar-refractivity contribution >= 4 is 29.3 Å². The van der Waals surface area contributed by atoms with Crippen LogP contribution in [0.5, 0.6) is 0 Å². The van der Waals surface area contributed by atoms with Gasteiger partial charge in [-0.05, 0) is 18.7 Å². The van der Waals surface area contributed by atoms with Crippen molar-refractivity contribution in [3.63, 3.8) is 0 Å². The topological polar surface area (TPSA) is 42.0 Å². The van der Waals surface area contributed by atoms with E-state index in [-0.39, 0.29) is 5.91 Å². The highest BCUT2D eigenvalue weighted by molar-refractivity contribution is 7.99. The highest BCUT2D eigenvalue weighted by Crippen LogP contribution is 2.13. The predicted octanol–water partition coefficient (Wildman–Crippen LogP) is 2.61. The Kier molecular flexibility index (Phi) is 5.63. The molecule has 3 nitrogen and oxygen atoms in total. The highest BCUT2D eigenvalue weighted by atomic mass is 35.5. The summed E-state index contributed by atoms with van der Waals surface area (Å²) in [6.07, 6.45) is 6.06. The van der Waals surface area contributed by atoms with Gasteiger partial charge in [-0.1, -0.05) is 18.5 Å². The maximum absolute atomic E-state index is 11.7. The molecule has 1 N–H and O–H groups in total. The number of hydrogen-bond acceptors (Lipinski definition) is 3. The SMILES string of the molecule is CSC(C)CCNC(=O)c1cnccc1Cl. The summed E-state index contributed by atoms with van der Waals surface area (Å²) in [7, 11) is 0. The van der Waals surface area contributed by atoms with Gasteiger partial charge in [0.05, 0.1) is 10.6 Å². The van der Waals surface area contributed by atoms with Crippen LogP contribution in [0.15, 0.2) is 18.5 Å². The molecule has 1 aromatic heterocycles. The Morgan fingerprint density at radius 3 is 3.06 bits per heavy atom. The Hall–Kier alpha value is -0.740. The quantitative estimate of drug-likeness (QED) is 0.883. The summed E-state index contributed by atoms with van der Waals surface area (Å²) in [6, 6.07) is 1.61. The molecule has 1 atom stereocenters. The van der Waals surface area contributed by atoms with Crippen LogP contribution in [0, 0.1) is 0 Å². The second-order valence-corrected chi connectivity index (χ2v) is 5.13. The van der Waals surface area contributed by atoms with Gasteiger partial charge in [-0.25, -0.2) is 0 Å². The van der Waals surface area contributed by atoms with Crippen molar-refractivity contribution in [2.75, 3.05) is 12.8 Å². The maximum atomic E-state index is 11.7. The van der Waals surface area contributed by atoms with E-state index in [0.717, 1.165) is 6.42 Å². The van der Waals surface area contributed by atoms with E-state index in [9.17, 15) is 4.79 Å². The summed E-state index contributed by atoms with van der Waals surface area (Å²) in [5.74, 6) is -0.161. The number of halogens is 1. The monoisotopic (exact) mass is 258 g/mol. The molecule has 0 aliphatic rings. The Balaban J connectivity index is 2.44. The van der Waals surface area contributed by atoms with Gasteiger partial charge in [-0.3, -0.25) is 9.78 Å². The number of nitrogens with one attached hydrogen (secondary N) is 1. The fourth-order valence-corrected chi connectivity index (χ4v) is 1.69. The number of carbonyl (C=O) groups is 1. The summed E-state index contributed by atoms with van der Waals surface area (Å²) in [5, 5.41) is 3.81. The second-order valence-electron chi connectivity index (χ2n) is 3.45. The fourth-order valence-electron chi connectivity index (χ4n) is 1.15. The first-order valence-corrected chi connectivity index (χ1v) is 6.72. The van der Waals surface area contributed by atoms with Crippen LogP contribution in [0.3, 0.4) is 0 Å². The minimum absolute atomic E-state index is 0.161. The Morgan fingerprint density at radius 2 is 2.44 bits per heavy atom. The first kappa shape index (κ1) is 13.3. The molecule has 0 fully saturated rings. The van der Waals surface area contributed by atoms with Crippen molar-refractivity contribution in [2.45, 2.75) is 18.6 Å². The number of nitrogens with zero attached hydrogens (tertiary/aromatic N) is 1. The molecule has 88 valence electrons. The Labute approximate surface area is 105 Å². The third-order valence-electron chi connectivity index (χ3n) is 2.25. The predicted molar refractivity (Wildman–Crippen MR) is 69.2 cm³/mol. The average molecular weight is 259 g/mol. The lowest BCUT2D eigenvalue weighted by atomic mass is 10.2. The molecule has 0 aliphatic heterocycles. The van der Waals surface area contributed by atoms with Crippen LogP contribution in [-0.2, 0) is 0 Å². The van der Waals surface area contributed by atoms with E-state index in [1.165, 1.54) is 6.20 Å². The van der Waals surface area contributed by atoms with Gasteiger partial charge >= 0.3 is 0 Å². The number of aromatic nitrogens is 1. The van der Waals surface area contributed by atoms with Gasteiger partial charge in [-0.15, -0.1) is 0 Å². The summed E-state index contributed by atoms with van der Waals surface area (Å²) in [6.45, 7) is 2.79. The lowest BCUT2D eigenvalue weighted by molar-refractivity contribution is 0.0953. The van der Waals surface area contributed by atoms with Crippen molar-refractivity contribution < 1.29 is 4.79 Å². The Bertz CT molecular complexity index is 360.